The number of carbonyl (C=O) groups is 2. The summed E-state index contributed by atoms with van der Waals surface area (Å²) in [5, 5.41) is 7.26. The minimum absolute atomic E-state index is 0.0628. The maximum Gasteiger partial charge on any atom is 0.248 e. The average Bonchev–Trinajstić information content (AvgIpc) is 3.40. The molecule has 3 N–H and O–H groups in total. The summed E-state index contributed by atoms with van der Waals surface area (Å²) in [5.74, 6) is -4.20. The van der Waals surface area contributed by atoms with Gasteiger partial charge in [0.15, 0.2) is 0 Å². The summed E-state index contributed by atoms with van der Waals surface area (Å²) in [4.78, 5) is 30.7. The summed E-state index contributed by atoms with van der Waals surface area (Å²) in [5.41, 5.74) is 7.24. The summed E-state index contributed by atoms with van der Waals surface area (Å²) in [6.45, 7) is -0.194. The van der Waals surface area contributed by atoms with Gasteiger partial charge in [0.25, 0.3) is 0 Å². The van der Waals surface area contributed by atoms with Crippen LogP contribution in [0.3, 0.4) is 0 Å². The van der Waals surface area contributed by atoms with Gasteiger partial charge in [0.2, 0.25) is 17.7 Å². The zero-order valence-corrected chi connectivity index (χ0v) is 18.4. The van der Waals surface area contributed by atoms with Crippen molar-refractivity contribution >= 4 is 23.4 Å². The van der Waals surface area contributed by atoms with E-state index in [-0.39, 0.29) is 44.7 Å². The second kappa shape index (κ2) is 9.30. The van der Waals surface area contributed by atoms with E-state index in [0.29, 0.717) is 16.3 Å². The number of carbonyl (C=O) groups excluding carboxylic acids is 2. The van der Waals surface area contributed by atoms with Crippen molar-refractivity contribution in [3.63, 3.8) is 0 Å². The van der Waals surface area contributed by atoms with Gasteiger partial charge in [-0.05, 0) is 36.1 Å². The smallest absolute Gasteiger partial charge is 0.248 e. The lowest BCUT2D eigenvalue weighted by Gasteiger charge is -2.36. The van der Waals surface area contributed by atoms with Crippen LogP contribution in [-0.4, -0.2) is 62.2 Å². The third kappa shape index (κ3) is 5.30. The van der Waals surface area contributed by atoms with E-state index in [1.807, 2.05) is 0 Å². The van der Waals surface area contributed by atoms with E-state index in [9.17, 15) is 22.8 Å². The first-order valence-electron chi connectivity index (χ1n) is 10.6. The Balaban J connectivity index is 1.40. The normalized spacial score (nSPS) is 23.2. The van der Waals surface area contributed by atoms with Crippen molar-refractivity contribution in [2.75, 3.05) is 6.54 Å². The molecule has 4 rings (SSSR count). The van der Waals surface area contributed by atoms with Crippen molar-refractivity contribution in [2.45, 2.75) is 56.4 Å². The van der Waals surface area contributed by atoms with Crippen LogP contribution in [0.5, 0.6) is 0 Å². The SMILES string of the molecule is N[C@H](CC1CC(F)(F)C1)C(=O)N1C[C@H](F)C[C@H]1C(=O)NCc1cc(Cl)ccc1-n1cncn1. The Kier molecular flexibility index (Phi) is 6.62. The third-order valence-corrected chi connectivity index (χ3v) is 6.31. The van der Waals surface area contributed by atoms with Crippen molar-refractivity contribution in [3.05, 3.63) is 41.4 Å². The molecule has 2 aliphatic rings. The number of hydrogen-bond donors (Lipinski definition) is 2. The predicted octanol–water partition coefficient (Wildman–Crippen LogP) is 2.24. The van der Waals surface area contributed by atoms with Gasteiger partial charge in [0.05, 0.1) is 18.3 Å². The number of hydrogen-bond acceptors (Lipinski definition) is 5. The number of nitrogens with zero attached hydrogens (tertiary/aromatic N) is 4. The van der Waals surface area contributed by atoms with Gasteiger partial charge in [-0.2, -0.15) is 5.10 Å². The highest BCUT2D eigenvalue weighted by Gasteiger charge is 2.47. The second-order valence-electron chi connectivity index (χ2n) is 8.64. The Morgan fingerprint density at radius 3 is 2.76 bits per heavy atom. The van der Waals surface area contributed by atoms with E-state index in [4.69, 9.17) is 17.3 Å². The van der Waals surface area contributed by atoms with Crippen molar-refractivity contribution < 1.29 is 22.8 Å². The molecule has 1 aliphatic heterocycles. The van der Waals surface area contributed by atoms with Gasteiger partial charge < -0.3 is 16.0 Å². The molecule has 12 heteroatoms. The number of amides is 2. The highest BCUT2D eigenvalue weighted by Crippen LogP contribution is 2.44. The number of nitrogens with one attached hydrogen (secondary N) is 1. The Bertz CT molecular complexity index is 1010. The molecule has 2 fully saturated rings. The maximum absolute atomic E-state index is 14.2. The van der Waals surface area contributed by atoms with Gasteiger partial charge in [0.1, 0.15) is 24.9 Å². The van der Waals surface area contributed by atoms with Crippen LogP contribution >= 0.6 is 11.6 Å². The summed E-state index contributed by atoms with van der Waals surface area (Å²) in [6, 6.07) is 2.98. The summed E-state index contributed by atoms with van der Waals surface area (Å²) < 4.78 is 41.8. The number of likely N-dealkylation sites (tertiary alicyclic amines) is 1. The van der Waals surface area contributed by atoms with Crippen molar-refractivity contribution in [2.24, 2.45) is 11.7 Å². The molecule has 1 aromatic carbocycles. The molecule has 1 saturated heterocycles. The molecule has 178 valence electrons. The Morgan fingerprint density at radius 2 is 2.09 bits per heavy atom. The molecule has 3 atom stereocenters. The van der Waals surface area contributed by atoms with Crippen LogP contribution in [0.2, 0.25) is 5.02 Å². The van der Waals surface area contributed by atoms with Gasteiger partial charge in [-0.15, -0.1) is 0 Å². The predicted molar refractivity (Wildman–Crippen MR) is 113 cm³/mol. The van der Waals surface area contributed by atoms with Gasteiger partial charge in [0, 0.05) is 30.8 Å². The highest BCUT2D eigenvalue weighted by molar-refractivity contribution is 6.30. The third-order valence-electron chi connectivity index (χ3n) is 6.08. The van der Waals surface area contributed by atoms with Crippen molar-refractivity contribution in [1.29, 1.82) is 0 Å². The fraction of sp³-hybridized carbons (Fsp3) is 0.524. The van der Waals surface area contributed by atoms with Crippen LogP contribution in [0.15, 0.2) is 30.9 Å². The average molecular weight is 485 g/mol. The van der Waals surface area contributed by atoms with Crippen LogP contribution in [0.25, 0.3) is 5.69 Å². The molecule has 0 unspecified atom stereocenters. The first-order valence-corrected chi connectivity index (χ1v) is 11.0. The second-order valence-corrected chi connectivity index (χ2v) is 9.08. The molecule has 1 aromatic heterocycles. The molecule has 8 nitrogen and oxygen atoms in total. The quantitative estimate of drug-likeness (QED) is 0.627. The molecular weight excluding hydrogens is 461 g/mol. The molecule has 0 spiro atoms. The zero-order chi connectivity index (χ0) is 23.8. The number of nitrogens with two attached hydrogens (primary N) is 1. The molecule has 0 radical (unpaired) electrons. The van der Waals surface area contributed by atoms with E-state index < -0.39 is 36.0 Å². The standard InChI is InChI=1S/C21H24ClF3N6O2/c22-14-1-2-17(31-11-27-10-29-31)13(4-14)8-28-19(32)18-5-15(23)9-30(18)20(33)16(26)3-12-6-21(24,25)7-12/h1-2,4,10-12,15-16,18H,3,5-9,26H2,(H,28,32)/t15-,16-,18+/m1/s1. The topological polar surface area (TPSA) is 106 Å². The highest BCUT2D eigenvalue weighted by atomic mass is 35.5. The van der Waals surface area contributed by atoms with E-state index in [1.54, 1.807) is 18.2 Å². The Hall–Kier alpha value is -2.66. The number of aromatic nitrogens is 3. The van der Waals surface area contributed by atoms with Crippen LogP contribution < -0.4 is 11.1 Å². The lowest BCUT2D eigenvalue weighted by molar-refractivity contribution is -0.142. The molecular formula is C21H24ClF3N6O2. The molecule has 2 amide bonds. The van der Waals surface area contributed by atoms with E-state index >= 15 is 0 Å². The Morgan fingerprint density at radius 1 is 1.33 bits per heavy atom. The molecule has 0 bridgehead atoms. The summed E-state index contributed by atoms with van der Waals surface area (Å²) in [7, 11) is 0. The number of halogens is 4. The molecule has 33 heavy (non-hydrogen) atoms. The van der Waals surface area contributed by atoms with Gasteiger partial charge in [-0.25, -0.2) is 22.8 Å². The monoisotopic (exact) mass is 484 g/mol. The molecule has 1 aliphatic carbocycles. The Labute approximate surface area is 193 Å². The van der Waals surface area contributed by atoms with Gasteiger partial charge in [-0.3, -0.25) is 9.59 Å². The van der Waals surface area contributed by atoms with Crippen LogP contribution in [0.1, 0.15) is 31.2 Å². The van der Waals surface area contributed by atoms with Crippen molar-refractivity contribution in [1.82, 2.24) is 25.0 Å². The summed E-state index contributed by atoms with van der Waals surface area (Å²) in [6.07, 6.45) is 0.807. The lowest BCUT2D eigenvalue weighted by atomic mass is 9.77. The van der Waals surface area contributed by atoms with Crippen LogP contribution in [-0.2, 0) is 16.1 Å². The molecule has 2 aromatic rings. The number of benzene rings is 1. The number of alkyl halides is 3. The minimum Gasteiger partial charge on any atom is -0.350 e. The zero-order valence-electron chi connectivity index (χ0n) is 17.6. The van der Waals surface area contributed by atoms with E-state index in [2.05, 4.69) is 15.4 Å². The van der Waals surface area contributed by atoms with Crippen LogP contribution in [0, 0.1) is 5.92 Å². The fourth-order valence-electron chi connectivity index (χ4n) is 4.45. The van der Waals surface area contributed by atoms with Gasteiger partial charge in [-0.1, -0.05) is 11.6 Å². The minimum atomic E-state index is -2.71. The number of rotatable bonds is 7. The largest absolute Gasteiger partial charge is 0.350 e. The summed E-state index contributed by atoms with van der Waals surface area (Å²) >= 11 is 6.09. The molecule has 1 saturated carbocycles. The first kappa shape index (κ1) is 23.5. The first-order chi connectivity index (χ1) is 15.6. The van der Waals surface area contributed by atoms with Gasteiger partial charge >= 0.3 is 0 Å². The van der Waals surface area contributed by atoms with Crippen molar-refractivity contribution in [3.8, 4) is 5.69 Å². The molecule has 2 heterocycles. The maximum atomic E-state index is 14.2. The van der Waals surface area contributed by atoms with Crippen LogP contribution in [0.4, 0.5) is 13.2 Å². The van der Waals surface area contributed by atoms with E-state index in [1.165, 1.54) is 17.3 Å². The van der Waals surface area contributed by atoms with E-state index in [0.717, 1.165) is 4.90 Å². The fourth-order valence-corrected chi connectivity index (χ4v) is 4.65. The lowest BCUT2D eigenvalue weighted by Crippen LogP contribution is -2.52.